The molecule has 166 valence electrons. The summed E-state index contributed by atoms with van der Waals surface area (Å²) >= 11 is 0. The van der Waals surface area contributed by atoms with Gasteiger partial charge in [-0.1, -0.05) is 63.1 Å². The first-order chi connectivity index (χ1) is 15.5. The number of carbonyl (C=O) groups excluding carboxylic acids is 2. The van der Waals surface area contributed by atoms with Crippen molar-refractivity contribution in [2.75, 3.05) is 6.54 Å². The number of aryl methyl sites for hydroxylation is 1. The average Bonchev–Trinajstić information content (AvgIpc) is 3.25. The van der Waals surface area contributed by atoms with E-state index in [9.17, 15) is 9.59 Å². The fourth-order valence-corrected chi connectivity index (χ4v) is 5.69. The Balaban J connectivity index is 1.49. The molecule has 5 nitrogen and oxygen atoms in total. The maximum Gasteiger partial charge on any atom is 0.255 e. The molecule has 1 fully saturated rings. The monoisotopic (exact) mass is 429 g/mol. The fourth-order valence-electron chi connectivity index (χ4n) is 5.69. The van der Waals surface area contributed by atoms with E-state index in [4.69, 9.17) is 0 Å². The van der Waals surface area contributed by atoms with Crippen LogP contribution in [-0.4, -0.2) is 34.3 Å². The molecule has 2 aliphatic rings. The van der Waals surface area contributed by atoms with Crippen LogP contribution in [0, 0.1) is 18.8 Å². The molecule has 2 aromatic carbocycles. The molecule has 1 aliphatic heterocycles. The summed E-state index contributed by atoms with van der Waals surface area (Å²) in [5, 5.41) is 4.35. The maximum atomic E-state index is 13.4. The van der Waals surface area contributed by atoms with Gasteiger partial charge in [0.2, 0.25) is 5.91 Å². The number of carbonyl (C=O) groups is 2. The minimum absolute atomic E-state index is 0.0642. The van der Waals surface area contributed by atoms with E-state index in [1.807, 2.05) is 43.3 Å². The molecule has 0 bridgehead atoms. The Morgan fingerprint density at radius 3 is 2.69 bits per heavy atom. The lowest BCUT2D eigenvalue weighted by molar-refractivity contribution is -0.123. The highest BCUT2D eigenvalue weighted by atomic mass is 16.2. The molecule has 2 N–H and O–H groups in total. The predicted octanol–water partition coefficient (Wildman–Crippen LogP) is 4.96. The van der Waals surface area contributed by atoms with E-state index in [2.05, 4.69) is 36.3 Å². The normalized spacial score (nSPS) is 25.2. The first-order valence-electron chi connectivity index (χ1n) is 11.7. The van der Waals surface area contributed by atoms with Crippen LogP contribution in [0.15, 0.2) is 48.5 Å². The zero-order valence-electron chi connectivity index (χ0n) is 19.0. The van der Waals surface area contributed by atoms with Crippen LogP contribution in [0.4, 0.5) is 0 Å². The number of rotatable bonds is 4. The minimum Gasteiger partial charge on any atom is -0.358 e. The largest absolute Gasteiger partial charge is 0.358 e. The number of nitrogens with zero attached hydrogens (tertiary/aromatic N) is 1. The Hall–Kier alpha value is -3.08. The second-order valence-corrected chi connectivity index (χ2v) is 9.57. The molecular weight excluding hydrogens is 398 g/mol. The second-order valence-electron chi connectivity index (χ2n) is 9.57. The number of nitrogens with one attached hydrogen (secondary N) is 2. The van der Waals surface area contributed by atoms with Gasteiger partial charge in [0.15, 0.2) is 0 Å². The number of fused-ring (bicyclic) bond motifs is 2. The minimum atomic E-state index is -0.275. The van der Waals surface area contributed by atoms with E-state index >= 15 is 0 Å². The van der Waals surface area contributed by atoms with Gasteiger partial charge in [0.1, 0.15) is 6.54 Å². The number of hydrogen-bond donors (Lipinski definition) is 2. The predicted molar refractivity (Wildman–Crippen MR) is 126 cm³/mol. The number of H-pyrrole nitrogens is 1. The van der Waals surface area contributed by atoms with Crippen LogP contribution in [0.3, 0.4) is 0 Å². The third kappa shape index (κ3) is 3.40. The van der Waals surface area contributed by atoms with Crippen molar-refractivity contribution in [1.29, 1.82) is 0 Å². The lowest BCUT2D eigenvalue weighted by Gasteiger charge is -2.35. The number of hydrogen-bond acceptors (Lipinski definition) is 2. The number of aromatic amines is 1. The first kappa shape index (κ1) is 20.8. The molecule has 4 atom stereocenters. The molecule has 0 unspecified atom stereocenters. The average molecular weight is 430 g/mol. The van der Waals surface area contributed by atoms with Crippen molar-refractivity contribution in [3.63, 3.8) is 0 Å². The van der Waals surface area contributed by atoms with Crippen molar-refractivity contribution in [3.8, 4) is 0 Å². The van der Waals surface area contributed by atoms with Gasteiger partial charge in [-0.05, 0) is 42.9 Å². The number of amides is 2. The molecule has 1 aliphatic carbocycles. The molecule has 5 rings (SSSR count). The van der Waals surface area contributed by atoms with Crippen molar-refractivity contribution in [3.05, 3.63) is 70.9 Å². The molecule has 0 spiro atoms. The van der Waals surface area contributed by atoms with Gasteiger partial charge in [-0.2, -0.15) is 0 Å². The van der Waals surface area contributed by atoms with Gasteiger partial charge < -0.3 is 15.2 Å². The molecule has 0 radical (unpaired) electrons. The summed E-state index contributed by atoms with van der Waals surface area (Å²) in [6.45, 7) is 6.60. The zero-order valence-corrected chi connectivity index (χ0v) is 19.0. The highest BCUT2D eigenvalue weighted by molar-refractivity contribution is 6.02. The van der Waals surface area contributed by atoms with Crippen molar-refractivity contribution >= 4 is 22.7 Å². The maximum absolute atomic E-state index is 13.4. The van der Waals surface area contributed by atoms with Crippen molar-refractivity contribution in [1.82, 2.24) is 15.2 Å². The van der Waals surface area contributed by atoms with Gasteiger partial charge >= 0.3 is 0 Å². The molecule has 2 heterocycles. The van der Waals surface area contributed by atoms with E-state index in [-0.39, 0.29) is 30.4 Å². The van der Waals surface area contributed by atoms with Crippen molar-refractivity contribution in [2.45, 2.75) is 52.1 Å². The summed E-state index contributed by atoms with van der Waals surface area (Å²) in [7, 11) is 0. The zero-order chi connectivity index (χ0) is 22.4. The highest BCUT2D eigenvalue weighted by Crippen LogP contribution is 2.42. The van der Waals surface area contributed by atoms with Gasteiger partial charge in [0.05, 0.1) is 6.04 Å². The van der Waals surface area contributed by atoms with Crippen LogP contribution >= 0.6 is 0 Å². The first-order valence-corrected chi connectivity index (χ1v) is 11.7. The lowest BCUT2D eigenvalue weighted by Crippen LogP contribution is -2.48. The Morgan fingerprint density at radius 1 is 1.09 bits per heavy atom. The summed E-state index contributed by atoms with van der Waals surface area (Å²) < 4.78 is 0. The lowest BCUT2D eigenvalue weighted by atomic mass is 9.78. The Morgan fingerprint density at radius 2 is 1.84 bits per heavy atom. The van der Waals surface area contributed by atoms with Crippen LogP contribution in [0.5, 0.6) is 0 Å². The van der Waals surface area contributed by atoms with Crippen LogP contribution in [-0.2, 0) is 4.79 Å². The van der Waals surface area contributed by atoms with Crippen molar-refractivity contribution in [2.24, 2.45) is 11.8 Å². The third-order valence-corrected chi connectivity index (χ3v) is 7.64. The highest BCUT2D eigenvalue weighted by Gasteiger charge is 2.40. The smallest absolute Gasteiger partial charge is 0.255 e. The van der Waals surface area contributed by atoms with E-state index in [0.717, 1.165) is 40.6 Å². The number of benzene rings is 2. The summed E-state index contributed by atoms with van der Waals surface area (Å²) in [4.78, 5) is 31.8. The molecule has 3 aromatic rings. The standard InChI is InChI=1S/C27H31N3O2/c1-16-9-8-14-22(17(16)2)29-24(31)15-30-26(19-10-4-5-11-20(19)27(30)32)25-18(3)28-23-13-7-6-12-21(23)25/h4-7,10-13,16-17,22,26,28H,8-9,14-15H2,1-3H3,(H,29,31)/t16-,17-,22-,26+/m1/s1. The van der Waals surface area contributed by atoms with Gasteiger partial charge in [0, 0.05) is 33.8 Å². The van der Waals surface area contributed by atoms with Crippen LogP contribution < -0.4 is 5.32 Å². The molecular formula is C27H31N3O2. The van der Waals surface area contributed by atoms with Crippen molar-refractivity contribution < 1.29 is 9.59 Å². The number of aromatic nitrogens is 1. The molecule has 1 aromatic heterocycles. The molecule has 32 heavy (non-hydrogen) atoms. The molecule has 2 amide bonds. The summed E-state index contributed by atoms with van der Waals surface area (Å²) in [6, 6.07) is 15.8. The van der Waals surface area contributed by atoms with Crippen LogP contribution in [0.1, 0.15) is 66.3 Å². The molecule has 1 saturated carbocycles. The van der Waals surface area contributed by atoms with E-state index in [1.165, 1.54) is 6.42 Å². The van der Waals surface area contributed by atoms with E-state index < -0.39 is 0 Å². The Kier molecular flexibility index (Phi) is 5.28. The quantitative estimate of drug-likeness (QED) is 0.615. The SMILES string of the molecule is Cc1[nH]c2ccccc2c1[C@@H]1c2ccccc2C(=O)N1CC(=O)N[C@@H]1CCC[C@@H](C)[C@H]1C. The van der Waals surface area contributed by atoms with Gasteiger partial charge in [0.25, 0.3) is 5.91 Å². The van der Waals surface area contributed by atoms with Crippen LogP contribution in [0.25, 0.3) is 10.9 Å². The van der Waals surface area contributed by atoms with E-state index in [0.29, 0.717) is 17.4 Å². The summed E-state index contributed by atoms with van der Waals surface area (Å²) in [6.07, 6.45) is 3.37. The van der Waals surface area contributed by atoms with Crippen LogP contribution in [0.2, 0.25) is 0 Å². The fraction of sp³-hybridized carbons (Fsp3) is 0.407. The topological polar surface area (TPSA) is 65.2 Å². The van der Waals surface area contributed by atoms with E-state index in [1.54, 1.807) is 4.90 Å². The van der Waals surface area contributed by atoms with Gasteiger partial charge in [-0.15, -0.1) is 0 Å². The Labute approximate surface area is 189 Å². The summed E-state index contributed by atoms with van der Waals surface area (Å²) in [5.41, 5.74) is 4.81. The Bertz CT molecular complexity index is 1180. The third-order valence-electron chi connectivity index (χ3n) is 7.64. The van der Waals surface area contributed by atoms with Gasteiger partial charge in [-0.3, -0.25) is 9.59 Å². The van der Waals surface area contributed by atoms with Gasteiger partial charge in [-0.25, -0.2) is 0 Å². The molecule has 5 heteroatoms. The second kappa shape index (κ2) is 8.12. The summed E-state index contributed by atoms with van der Waals surface area (Å²) in [5.74, 6) is 0.911. The number of para-hydroxylation sites is 1. The molecule has 0 saturated heterocycles.